The van der Waals surface area contributed by atoms with Crippen LogP contribution in [0.4, 0.5) is 0 Å². The van der Waals surface area contributed by atoms with Crippen molar-refractivity contribution in [1.29, 1.82) is 0 Å². The molecule has 1 aliphatic rings. The lowest BCUT2D eigenvalue weighted by atomic mass is 9.96. The van der Waals surface area contributed by atoms with Gasteiger partial charge >= 0.3 is 0 Å². The molecule has 4 nitrogen and oxygen atoms in total. The lowest BCUT2D eigenvalue weighted by molar-refractivity contribution is 0.0759. The molecule has 1 amide bonds. The molecule has 1 aliphatic heterocycles. The van der Waals surface area contributed by atoms with Crippen molar-refractivity contribution in [3.8, 4) is 0 Å². The fraction of sp³-hybridized carbons (Fsp3) is 0.545. The third-order valence-corrected chi connectivity index (χ3v) is 5.44. The van der Waals surface area contributed by atoms with E-state index in [1.807, 2.05) is 29.8 Å². The van der Waals surface area contributed by atoms with Crippen LogP contribution in [0.15, 0.2) is 30.3 Å². The van der Waals surface area contributed by atoms with E-state index in [0.29, 0.717) is 6.54 Å². The van der Waals surface area contributed by atoms with E-state index in [2.05, 4.69) is 36.0 Å². The maximum Gasteiger partial charge on any atom is 0.253 e. The minimum atomic E-state index is 0.178. The molecule has 140 valence electrons. The van der Waals surface area contributed by atoms with Gasteiger partial charge in [0.2, 0.25) is 0 Å². The number of hydrogen-bond acceptors (Lipinski definition) is 2. The normalized spacial score (nSPS) is 18.0. The summed E-state index contributed by atoms with van der Waals surface area (Å²) in [5, 5.41) is 4.53. The third-order valence-electron chi connectivity index (χ3n) is 5.44. The lowest BCUT2D eigenvalue weighted by Gasteiger charge is -2.21. The molecule has 0 spiro atoms. The van der Waals surface area contributed by atoms with Crippen molar-refractivity contribution >= 4 is 5.91 Å². The highest BCUT2D eigenvalue weighted by atomic mass is 16.2. The highest BCUT2D eigenvalue weighted by Gasteiger charge is 2.21. The molecule has 4 heteroatoms. The molecular formula is C22H31N3O. The number of carbonyl (C=O) groups is 1. The number of nitrogens with zero attached hydrogens (tertiary/aromatic N) is 3. The predicted octanol–water partition coefficient (Wildman–Crippen LogP) is 4.59. The molecule has 1 atom stereocenters. The molecule has 0 bridgehead atoms. The molecule has 0 N–H and O–H groups in total. The molecule has 2 heterocycles. The molecule has 0 aliphatic carbocycles. The third kappa shape index (κ3) is 4.54. The van der Waals surface area contributed by atoms with E-state index >= 15 is 0 Å². The van der Waals surface area contributed by atoms with Crippen LogP contribution in [-0.4, -0.2) is 33.7 Å². The molecule has 26 heavy (non-hydrogen) atoms. The standard InChI is InChI=1S/C22H31N3O/c1-4-7-19-9-6-12-24(13-11-19)22(26)21-10-5-8-20(15-21)16-25-18(3)14-17(2)23-25/h5,8,10,14-15,19H,4,6-7,9,11-13,16H2,1-3H3. The molecule has 0 saturated carbocycles. The van der Waals surface area contributed by atoms with Crippen LogP contribution in [0.3, 0.4) is 0 Å². The van der Waals surface area contributed by atoms with Gasteiger partial charge in [0.15, 0.2) is 0 Å². The van der Waals surface area contributed by atoms with Crippen LogP contribution in [0, 0.1) is 19.8 Å². The number of rotatable bonds is 5. The van der Waals surface area contributed by atoms with Gasteiger partial charge in [-0.05, 0) is 62.8 Å². The Balaban J connectivity index is 1.69. The van der Waals surface area contributed by atoms with Gasteiger partial charge < -0.3 is 4.90 Å². The van der Waals surface area contributed by atoms with Crippen LogP contribution in [-0.2, 0) is 6.54 Å². The van der Waals surface area contributed by atoms with Crippen LogP contribution in [0.1, 0.15) is 66.3 Å². The number of carbonyl (C=O) groups excluding carboxylic acids is 1. The SMILES string of the molecule is CCCC1CCCN(C(=O)c2cccc(Cn3nc(C)cc3C)c2)CC1. The van der Waals surface area contributed by atoms with Crippen molar-refractivity contribution in [2.24, 2.45) is 5.92 Å². The Morgan fingerprint density at radius 2 is 2.04 bits per heavy atom. The Morgan fingerprint density at radius 1 is 1.19 bits per heavy atom. The van der Waals surface area contributed by atoms with E-state index < -0.39 is 0 Å². The van der Waals surface area contributed by atoms with Crippen LogP contribution in [0.2, 0.25) is 0 Å². The van der Waals surface area contributed by atoms with Gasteiger partial charge in [-0.1, -0.05) is 31.9 Å². The fourth-order valence-corrected chi connectivity index (χ4v) is 4.06. The summed E-state index contributed by atoms with van der Waals surface area (Å²) in [7, 11) is 0. The topological polar surface area (TPSA) is 38.1 Å². The van der Waals surface area contributed by atoms with Crippen LogP contribution in [0.5, 0.6) is 0 Å². The van der Waals surface area contributed by atoms with Gasteiger partial charge in [-0.3, -0.25) is 9.48 Å². The Labute approximate surface area is 157 Å². The first-order valence-corrected chi connectivity index (χ1v) is 9.96. The van der Waals surface area contributed by atoms with Gasteiger partial charge in [0, 0.05) is 24.3 Å². The molecule has 1 fully saturated rings. The van der Waals surface area contributed by atoms with Crippen molar-refractivity contribution in [3.63, 3.8) is 0 Å². The zero-order valence-electron chi connectivity index (χ0n) is 16.4. The fourth-order valence-electron chi connectivity index (χ4n) is 4.06. The summed E-state index contributed by atoms with van der Waals surface area (Å²) in [6.07, 6.45) is 6.07. The summed E-state index contributed by atoms with van der Waals surface area (Å²) in [5.74, 6) is 0.965. The van der Waals surface area contributed by atoms with Gasteiger partial charge in [0.25, 0.3) is 5.91 Å². The largest absolute Gasteiger partial charge is 0.339 e. The monoisotopic (exact) mass is 353 g/mol. The molecule has 2 aromatic rings. The van der Waals surface area contributed by atoms with Crippen molar-refractivity contribution in [3.05, 3.63) is 52.8 Å². The van der Waals surface area contributed by atoms with E-state index in [0.717, 1.165) is 54.4 Å². The smallest absolute Gasteiger partial charge is 0.253 e. The molecule has 1 unspecified atom stereocenters. The second kappa shape index (κ2) is 8.52. The maximum absolute atomic E-state index is 13.0. The van der Waals surface area contributed by atoms with Gasteiger partial charge in [0.1, 0.15) is 0 Å². The van der Waals surface area contributed by atoms with Crippen LogP contribution >= 0.6 is 0 Å². The van der Waals surface area contributed by atoms with Gasteiger partial charge in [-0.15, -0.1) is 0 Å². The second-order valence-corrected chi connectivity index (χ2v) is 7.66. The van der Waals surface area contributed by atoms with Gasteiger partial charge in [0.05, 0.1) is 12.2 Å². The van der Waals surface area contributed by atoms with E-state index in [1.165, 1.54) is 19.3 Å². The quantitative estimate of drug-likeness (QED) is 0.788. The first-order chi connectivity index (χ1) is 12.6. The molecular weight excluding hydrogens is 322 g/mol. The molecule has 3 rings (SSSR count). The number of aryl methyl sites for hydroxylation is 2. The second-order valence-electron chi connectivity index (χ2n) is 7.66. The first-order valence-electron chi connectivity index (χ1n) is 9.96. The molecule has 1 saturated heterocycles. The Kier molecular flexibility index (Phi) is 6.12. The Hall–Kier alpha value is -2.10. The minimum absolute atomic E-state index is 0.178. The van der Waals surface area contributed by atoms with Gasteiger partial charge in [-0.25, -0.2) is 0 Å². The van der Waals surface area contributed by atoms with Crippen molar-refractivity contribution < 1.29 is 4.79 Å². The number of hydrogen-bond donors (Lipinski definition) is 0. The summed E-state index contributed by atoms with van der Waals surface area (Å²) in [6.45, 7) is 8.82. The summed E-state index contributed by atoms with van der Waals surface area (Å²) in [4.78, 5) is 15.0. The number of benzene rings is 1. The van der Waals surface area contributed by atoms with E-state index in [-0.39, 0.29) is 5.91 Å². The summed E-state index contributed by atoms with van der Waals surface area (Å²) >= 11 is 0. The Bertz CT molecular complexity index is 750. The van der Waals surface area contributed by atoms with Crippen molar-refractivity contribution in [2.75, 3.05) is 13.1 Å². The van der Waals surface area contributed by atoms with Gasteiger partial charge in [-0.2, -0.15) is 5.10 Å². The zero-order chi connectivity index (χ0) is 18.5. The van der Waals surface area contributed by atoms with Crippen LogP contribution in [0.25, 0.3) is 0 Å². The highest BCUT2D eigenvalue weighted by Crippen LogP contribution is 2.23. The minimum Gasteiger partial charge on any atom is -0.339 e. The average Bonchev–Trinajstić information content (AvgIpc) is 2.82. The molecule has 0 radical (unpaired) electrons. The summed E-state index contributed by atoms with van der Waals surface area (Å²) in [5.41, 5.74) is 4.10. The van der Waals surface area contributed by atoms with Crippen LogP contribution < -0.4 is 0 Å². The average molecular weight is 354 g/mol. The van der Waals surface area contributed by atoms with E-state index in [4.69, 9.17) is 0 Å². The molecule has 1 aromatic heterocycles. The van der Waals surface area contributed by atoms with E-state index in [9.17, 15) is 4.79 Å². The lowest BCUT2D eigenvalue weighted by Crippen LogP contribution is -2.32. The zero-order valence-corrected chi connectivity index (χ0v) is 16.4. The predicted molar refractivity (Wildman–Crippen MR) is 105 cm³/mol. The summed E-state index contributed by atoms with van der Waals surface area (Å²) < 4.78 is 2.00. The number of likely N-dealkylation sites (tertiary alicyclic amines) is 1. The number of amides is 1. The first kappa shape index (κ1) is 18.7. The Morgan fingerprint density at radius 3 is 2.77 bits per heavy atom. The summed E-state index contributed by atoms with van der Waals surface area (Å²) in [6, 6.07) is 10.1. The number of aromatic nitrogens is 2. The molecule has 1 aromatic carbocycles. The van der Waals surface area contributed by atoms with E-state index in [1.54, 1.807) is 0 Å². The maximum atomic E-state index is 13.0. The van der Waals surface area contributed by atoms with Crippen molar-refractivity contribution in [1.82, 2.24) is 14.7 Å². The highest BCUT2D eigenvalue weighted by molar-refractivity contribution is 5.94. The van der Waals surface area contributed by atoms with Crippen molar-refractivity contribution in [2.45, 2.75) is 59.4 Å².